The van der Waals surface area contributed by atoms with Crippen molar-refractivity contribution >= 4 is 38.7 Å². The van der Waals surface area contributed by atoms with E-state index in [2.05, 4.69) is 127 Å². The van der Waals surface area contributed by atoms with Crippen molar-refractivity contribution in [3.05, 3.63) is 162 Å². The van der Waals surface area contributed by atoms with Crippen molar-refractivity contribution in [2.75, 3.05) is 0 Å². The molecule has 5 heteroatoms. The maximum atomic E-state index is 6.35. The Hall–Kier alpha value is -5.32. The lowest BCUT2D eigenvalue weighted by molar-refractivity contribution is 0.271. The van der Waals surface area contributed by atoms with E-state index < -0.39 is 0 Å². The van der Waals surface area contributed by atoms with Gasteiger partial charge in [0, 0.05) is 27.6 Å². The fourth-order valence-electron chi connectivity index (χ4n) is 7.04. The van der Waals surface area contributed by atoms with Gasteiger partial charge in [0.25, 0.3) is 0 Å². The van der Waals surface area contributed by atoms with E-state index in [1.54, 1.807) is 0 Å². The van der Waals surface area contributed by atoms with Gasteiger partial charge in [0.05, 0.1) is 5.92 Å². The second-order valence-corrected chi connectivity index (χ2v) is 12.4. The quantitative estimate of drug-likeness (QED) is 0.198. The fourth-order valence-corrected chi connectivity index (χ4v) is 7.20. The third-order valence-corrected chi connectivity index (χ3v) is 9.50. The summed E-state index contributed by atoms with van der Waals surface area (Å²) in [6.45, 7) is 0. The summed E-state index contributed by atoms with van der Waals surface area (Å²) in [4.78, 5) is 15.3. The summed E-state index contributed by atoms with van der Waals surface area (Å²) in [6, 6.07) is 33.7. The van der Waals surface area contributed by atoms with Gasteiger partial charge in [0.2, 0.25) is 0 Å². The molecule has 0 bridgehead atoms. The topological polar surface area (TPSA) is 47.9 Å². The summed E-state index contributed by atoms with van der Waals surface area (Å²) in [5, 5.41) is 5.28. The zero-order valence-corrected chi connectivity index (χ0v) is 25.6. The number of aromatic nitrogens is 3. The Bertz CT molecular complexity index is 2320. The Balaban J connectivity index is 1.20. The number of allylic oxidation sites excluding steroid dienone is 6. The predicted molar refractivity (Wildman–Crippen MR) is 187 cm³/mol. The predicted octanol–water partition coefficient (Wildman–Crippen LogP) is 10.3. The van der Waals surface area contributed by atoms with Gasteiger partial charge in [-0.3, -0.25) is 0 Å². The molecule has 0 N–H and O–H groups in total. The van der Waals surface area contributed by atoms with E-state index in [1.807, 2.05) is 12.1 Å². The minimum absolute atomic E-state index is 0.0693. The largest absolute Gasteiger partial charge is 0.485 e. The highest BCUT2D eigenvalue weighted by atomic mass is 35.5. The smallest absolute Gasteiger partial charge is 0.164 e. The summed E-state index contributed by atoms with van der Waals surface area (Å²) in [5.41, 5.74) is 5.52. The third kappa shape index (κ3) is 4.57. The van der Waals surface area contributed by atoms with Gasteiger partial charge in [-0.1, -0.05) is 121 Å². The molecule has 3 aliphatic rings. The molecule has 9 rings (SSSR count). The van der Waals surface area contributed by atoms with E-state index in [9.17, 15) is 0 Å². The Morgan fingerprint density at radius 2 is 1.48 bits per heavy atom. The number of benzene rings is 5. The molecular formula is C41H28ClN3O. The van der Waals surface area contributed by atoms with Gasteiger partial charge in [0.15, 0.2) is 11.6 Å². The maximum Gasteiger partial charge on any atom is 0.164 e. The first-order valence-electron chi connectivity index (χ1n) is 15.6. The normalized spacial score (nSPS) is 19.6. The number of halogens is 1. The average Bonchev–Trinajstić information content (AvgIpc) is 3.49. The van der Waals surface area contributed by atoms with Gasteiger partial charge in [-0.25, -0.2) is 15.0 Å². The Kier molecular flexibility index (Phi) is 6.43. The summed E-state index contributed by atoms with van der Waals surface area (Å²) in [7, 11) is 0. The van der Waals surface area contributed by atoms with Crippen LogP contribution in [-0.2, 0) is 0 Å². The highest BCUT2D eigenvalue weighted by Crippen LogP contribution is 2.50. The van der Waals surface area contributed by atoms with Crippen LogP contribution >= 0.6 is 11.6 Å². The average molecular weight is 614 g/mol. The molecule has 6 aromatic rings. The molecule has 2 heterocycles. The molecule has 0 amide bonds. The molecule has 2 aliphatic carbocycles. The van der Waals surface area contributed by atoms with Gasteiger partial charge < -0.3 is 4.74 Å². The lowest BCUT2D eigenvalue weighted by Gasteiger charge is -2.24. The molecule has 5 aromatic carbocycles. The number of ether oxygens (including phenoxy) is 1. The Labute approximate surface area is 272 Å². The standard InChI is InChI=1S/C41H28ClN3O/c42-29-19-20-35-37(24-29)46-36-16-8-15-33(38(35)36)32-21-22-34(31-14-7-6-13-30(31)32)41-44-39(26-10-2-1-3-11-26)43-40(45-41)28-18-17-25-9-4-5-12-27(25)23-28/h1-10,12-24,26,36,38H,11H2. The van der Waals surface area contributed by atoms with Crippen molar-refractivity contribution < 1.29 is 4.74 Å². The lowest BCUT2D eigenvalue weighted by Crippen LogP contribution is -2.19. The lowest BCUT2D eigenvalue weighted by atomic mass is 9.79. The third-order valence-electron chi connectivity index (χ3n) is 9.26. The maximum absolute atomic E-state index is 6.35. The van der Waals surface area contributed by atoms with Gasteiger partial charge in [-0.05, 0) is 69.4 Å². The SMILES string of the molecule is Clc1ccc2c(c1)OC1C=CC=C(c3ccc(-c4nc(-c5ccc6ccccc6c5)nc(C5C=CC=CC5)n4)c4ccccc34)C21. The molecule has 0 fully saturated rings. The van der Waals surface area contributed by atoms with Crippen molar-refractivity contribution in [2.24, 2.45) is 0 Å². The molecule has 0 saturated heterocycles. The van der Waals surface area contributed by atoms with Gasteiger partial charge >= 0.3 is 0 Å². The molecule has 46 heavy (non-hydrogen) atoms. The fraction of sp³-hybridized carbons (Fsp3) is 0.0976. The molecule has 3 atom stereocenters. The van der Waals surface area contributed by atoms with Crippen LogP contribution in [0.2, 0.25) is 5.02 Å². The first kappa shape index (κ1) is 27.0. The van der Waals surface area contributed by atoms with E-state index in [4.69, 9.17) is 31.3 Å². The van der Waals surface area contributed by atoms with Crippen LogP contribution in [0.4, 0.5) is 0 Å². The molecule has 3 unspecified atom stereocenters. The Morgan fingerprint density at radius 3 is 2.35 bits per heavy atom. The molecular weight excluding hydrogens is 586 g/mol. The first-order chi connectivity index (χ1) is 22.7. The molecule has 0 radical (unpaired) electrons. The van der Waals surface area contributed by atoms with Gasteiger partial charge in [-0.2, -0.15) is 0 Å². The van der Waals surface area contributed by atoms with Crippen LogP contribution in [0.15, 0.2) is 140 Å². The second kappa shape index (κ2) is 10.9. The monoisotopic (exact) mass is 613 g/mol. The molecule has 1 aliphatic heterocycles. The van der Waals surface area contributed by atoms with Crippen LogP contribution in [0.3, 0.4) is 0 Å². The van der Waals surface area contributed by atoms with Crippen molar-refractivity contribution in [1.29, 1.82) is 0 Å². The highest BCUT2D eigenvalue weighted by Gasteiger charge is 2.37. The minimum atomic E-state index is -0.0693. The van der Waals surface area contributed by atoms with E-state index in [1.165, 1.54) is 16.5 Å². The van der Waals surface area contributed by atoms with Gasteiger partial charge in [0.1, 0.15) is 17.7 Å². The zero-order chi connectivity index (χ0) is 30.6. The van der Waals surface area contributed by atoms with E-state index in [-0.39, 0.29) is 17.9 Å². The summed E-state index contributed by atoms with van der Waals surface area (Å²) in [5.74, 6) is 3.17. The zero-order valence-electron chi connectivity index (χ0n) is 24.8. The number of fused-ring (bicyclic) bond motifs is 5. The first-order valence-corrected chi connectivity index (χ1v) is 16.0. The van der Waals surface area contributed by atoms with Crippen molar-refractivity contribution in [2.45, 2.75) is 24.4 Å². The van der Waals surface area contributed by atoms with Crippen LogP contribution in [0.1, 0.15) is 35.2 Å². The van der Waals surface area contributed by atoms with Crippen molar-refractivity contribution in [1.82, 2.24) is 15.0 Å². The second-order valence-electron chi connectivity index (χ2n) is 12.0. The number of nitrogens with zero attached hydrogens (tertiary/aromatic N) is 3. The van der Waals surface area contributed by atoms with Crippen molar-refractivity contribution in [3.63, 3.8) is 0 Å². The summed E-state index contributed by atoms with van der Waals surface area (Å²) in [6.07, 6.45) is 15.8. The van der Waals surface area contributed by atoms with E-state index in [0.717, 1.165) is 50.8 Å². The highest BCUT2D eigenvalue weighted by molar-refractivity contribution is 6.30. The van der Waals surface area contributed by atoms with Crippen LogP contribution in [0, 0.1) is 0 Å². The van der Waals surface area contributed by atoms with Crippen LogP contribution < -0.4 is 4.74 Å². The summed E-state index contributed by atoms with van der Waals surface area (Å²) < 4.78 is 6.35. The van der Waals surface area contributed by atoms with E-state index in [0.29, 0.717) is 16.7 Å². The van der Waals surface area contributed by atoms with Crippen LogP contribution in [0.25, 0.3) is 49.9 Å². The summed E-state index contributed by atoms with van der Waals surface area (Å²) >= 11 is 6.33. The van der Waals surface area contributed by atoms with Gasteiger partial charge in [-0.15, -0.1) is 0 Å². The number of hydrogen-bond acceptors (Lipinski definition) is 4. The van der Waals surface area contributed by atoms with E-state index >= 15 is 0 Å². The molecule has 220 valence electrons. The minimum Gasteiger partial charge on any atom is -0.485 e. The Morgan fingerprint density at radius 1 is 0.674 bits per heavy atom. The number of rotatable bonds is 4. The molecule has 0 saturated carbocycles. The van der Waals surface area contributed by atoms with Crippen LogP contribution in [-0.4, -0.2) is 21.1 Å². The molecule has 0 spiro atoms. The molecule has 1 aromatic heterocycles. The van der Waals surface area contributed by atoms with Crippen molar-refractivity contribution in [3.8, 4) is 28.5 Å². The van der Waals surface area contributed by atoms with Crippen LogP contribution in [0.5, 0.6) is 5.75 Å². The molecule has 4 nitrogen and oxygen atoms in total. The number of hydrogen-bond donors (Lipinski definition) is 0.